The number of thioether (sulfide) groups is 1. The molecule has 20 heteroatoms. The second-order valence-electron chi connectivity index (χ2n) is 17.4. The molecule has 0 radical (unpaired) electrons. The molecule has 0 spiro atoms. The minimum Gasteiger partial charge on any atom is -0.507 e. The van der Waals surface area contributed by atoms with Crippen molar-refractivity contribution >= 4 is 35.1 Å². The van der Waals surface area contributed by atoms with Gasteiger partial charge < -0.3 is 64.2 Å². The zero-order valence-corrected chi connectivity index (χ0v) is 36.0. The molecule has 64 heavy (non-hydrogen) atoms. The molecule has 0 bridgehead atoms. The quantitative estimate of drug-likeness (QED) is 0.107. The maximum Gasteiger partial charge on any atom is 0.306 e. The lowest BCUT2D eigenvalue weighted by molar-refractivity contribution is -0.259. The van der Waals surface area contributed by atoms with Crippen molar-refractivity contribution in [2.45, 2.75) is 118 Å². The van der Waals surface area contributed by atoms with Crippen LogP contribution in [0.5, 0.6) is 29.0 Å². The highest BCUT2D eigenvalue weighted by Gasteiger charge is 2.56. The average Bonchev–Trinajstić information content (AvgIpc) is 3.78. The maximum absolute atomic E-state index is 14.1. The Morgan fingerprint density at radius 2 is 1.70 bits per heavy atom. The average molecular weight is 911 g/mol. The van der Waals surface area contributed by atoms with Gasteiger partial charge in [-0.15, -0.1) is 0 Å². The van der Waals surface area contributed by atoms with Crippen molar-refractivity contribution < 1.29 is 83.3 Å². The van der Waals surface area contributed by atoms with E-state index in [-0.39, 0.29) is 58.6 Å². The molecule has 0 amide bonds. The largest absolute Gasteiger partial charge is 0.507 e. The monoisotopic (exact) mass is 910 g/mol. The molecule has 3 aliphatic carbocycles. The predicted octanol–water partition coefficient (Wildman–Crippen LogP) is 2.93. The molecule has 6 aliphatic rings. The number of aliphatic hydroxyl groups is 2. The number of ketones is 3. The molecular weight excluding hydrogens is 861 g/mol. The number of phenolic OH excluding ortho intramolecular Hbond substituents is 2. The molecule has 9 atom stereocenters. The number of Topliss-reactive ketones (excluding diaryl/α,β-unsaturated/α-hetero) is 1. The first-order chi connectivity index (χ1) is 30.6. The number of aromatic hydroxyl groups is 4. The number of aromatic nitrogens is 1. The lowest BCUT2D eigenvalue weighted by atomic mass is 9.72. The standard InChI is InChI=1S/C44H50N2O17S/c1-18-39-23(45-16-30(62-43(59-3)41(45)63-39)64-26-12-28(49)46(40(26)54)15-19-7-9-20(10-8-19)42(55)56)11-29(60-18)61-25-14-44(57,27(48)17-47)13-22-32(25)38(53)34-33(36(22)51)35(50)21-5-4-6-24(58-2)31(21)37(34)52/h4-6,12,18-20,23,25,29-30,39,41,43,47,49,51,53-54,57H,7-11,13-17H2,1-3H3,(H,55,56)/t18-,19?,20?,23-,25-,29-,30?,39+,41+,43-,44-/m0/s1. The number of methoxy groups -OCH3 is 2. The lowest BCUT2D eigenvalue weighted by Crippen LogP contribution is -2.57. The van der Waals surface area contributed by atoms with Crippen LogP contribution in [0.3, 0.4) is 0 Å². The normalized spacial score (nSPS) is 32.3. The van der Waals surface area contributed by atoms with E-state index in [2.05, 4.69) is 0 Å². The number of rotatable bonds is 11. The van der Waals surface area contributed by atoms with Crippen LogP contribution < -0.4 is 4.74 Å². The number of hydrogen-bond acceptors (Lipinski definition) is 18. The van der Waals surface area contributed by atoms with Crippen molar-refractivity contribution in [3.05, 3.63) is 57.6 Å². The lowest BCUT2D eigenvalue weighted by Gasteiger charge is -2.44. The number of benzene rings is 2. The van der Waals surface area contributed by atoms with Gasteiger partial charge in [0.25, 0.3) is 0 Å². The highest BCUT2D eigenvalue weighted by atomic mass is 32.2. The summed E-state index contributed by atoms with van der Waals surface area (Å²) in [5.41, 5.74) is -4.49. The smallest absolute Gasteiger partial charge is 0.306 e. The molecule has 3 aliphatic heterocycles. The van der Waals surface area contributed by atoms with Gasteiger partial charge in [-0.05, 0) is 44.6 Å². The number of nitrogens with zero attached hydrogens (tertiary/aromatic N) is 2. The first kappa shape index (κ1) is 44.4. The van der Waals surface area contributed by atoms with Crippen molar-refractivity contribution in [3.63, 3.8) is 0 Å². The molecule has 9 rings (SSSR count). The summed E-state index contributed by atoms with van der Waals surface area (Å²) in [6.07, 6.45) is -3.93. The van der Waals surface area contributed by atoms with Gasteiger partial charge in [-0.2, -0.15) is 0 Å². The summed E-state index contributed by atoms with van der Waals surface area (Å²) >= 11 is 1.18. The number of ether oxygens (including phenoxy) is 6. The third-order valence-electron chi connectivity index (χ3n) is 13.8. The van der Waals surface area contributed by atoms with Crippen LogP contribution in [0.2, 0.25) is 0 Å². The van der Waals surface area contributed by atoms with Crippen molar-refractivity contribution in [2.24, 2.45) is 11.8 Å². The van der Waals surface area contributed by atoms with E-state index in [0.717, 1.165) is 0 Å². The zero-order valence-electron chi connectivity index (χ0n) is 35.2. The summed E-state index contributed by atoms with van der Waals surface area (Å²) in [5.74, 6) is -5.33. The van der Waals surface area contributed by atoms with Crippen LogP contribution in [0.15, 0.2) is 29.2 Å². The summed E-state index contributed by atoms with van der Waals surface area (Å²) in [6, 6.07) is 5.41. The van der Waals surface area contributed by atoms with Crippen LogP contribution in [0, 0.1) is 11.8 Å². The van der Waals surface area contributed by atoms with Gasteiger partial charge in [0.05, 0.1) is 46.8 Å². The third-order valence-corrected chi connectivity index (χ3v) is 14.8. The highest BCUT2D eigenvalue weighted by molar-refractivity contribution is 8.00. The van der Waals surface area contributed by atoms with Crippen LogP contribution in [-0.2, 0) is 46.2 Å². The van der Waals surface area contributed by atoms with Crippen molar-refractivity contribution in [2.75, 3.05) is 27.4 Å². The molecule has 1 saturated carbocycles. The minimum atomic E-state index is -2.32. The van der Waals surface area contributed by atoms with Crippen LogP contribution in [0.25, 0.3) is 0 Å². The Morgan fingerprint density at radius 3 is 2.39 bits per heavy atom. The molecule has 4 heterocycles. The number of aliphatic carboxylic acids is 1. The molecule has 7 N–H and O–H groups in total. The number of hydrogen-bond donors (Lipinski definition) is 7. The Kier molecular flexibility index (Phi) is 11.7. The first-order valence-corrected chi connectivity index (χ1v) is 22.1. The first-order valence-electron chi connectivity index (χ1n) is 21.2. The second-order valence-corrected chi connectivity index (χ2v) is 18.6. The number of carbonyl (C=O) groups is 4. The number of phenols is 2. The van der Waals surface area contributed by atoms with Crippen molar-refractivity contribution in [3.8, 4) is 29.0 Å². The maximum atomic E-state index is 14.1. The van der Waals surface area contributed by atoms with Gasteiger partial charge in [0.15, 0.2) is 36.3 Å². The summed E-state index contributed by atoms with van der Waals surface area (Å²) in [6.45, 7) is 1.28. The second kappa shape index (κ2) is 16.9. The molecule has 3 saturated heterocycles. The molecule has 344 valence electrons. The van der Waals surface area contributed by atoms with E-state index in [1.54, 1.807) is 6.92 Å². The van der Waals surface area contributed by atoms with Crippen LogP contribution in [0.1, 0.15) is 94.5 Å². The van der Waals surface area contributed by atoms with Gasteiger partial charge in [0, 0.05) is 68.3 Å². The third kappa shape index (κ3) is 7.32. The molecule has 2 aromatic carbocycles. The fraction of sp³-hybridized carbons (Fsp3) is 0.545. The topological polar surface area (TPSA) is 273 Å². The van der Waals surface area contributed by atoms with E-state index in [9.17, 15) is 54.9 Å². The molecular formula is C44H50N2O17S. The van der Waals surface area contributed by atoms with Gasteiger partial charge in [-0.3, -0.25) is 28.6 Å². The van der Waals surface area contributed by atoms with E-state index in [4.69, 9.17) is 28.4 Å². The number of carboxylic acid groups (broad SMARTS) is 1. The van der Waals surface area contributed by atoms with Gasteiger partial charge in [-0.1, -0.05) is 23.9 Å². The van der Waals surface area contributed by atoms with Crippen LogP contribution in [-0.4, -0.2) is 144 Å². The molecule has 4 fully saturated rings. The van der Waals surface area contributed by atoms with Crippen molar-refractivity contribution in [1.82, 2.24) is 9.47 Å². The Hall–Kier alpha value is -4.77. The SMILES string of the molecule is COc1cccc2c1C(=O)c1c(O)c3c(c(O)c1C2=O)C[C@@](O)(C(=O)CO)C[C@@H]3O[C@H]1C[C@H]2[C@H](O[C@@H]3[C@@H](OC)OC(Sc4cc(O)n(CC5CCC(C(=O)O)CC5)c4O)CN32)[C@H](C)O1. The highest BCUT2D eigenvalue weighted by Crippen LogP contribution is 2.53. The Morgan fingerprint density at radius 1 is 0.969 bits per heavy atom. The number of morpholine rings is 1. The fourth-order valence-corrected chi connectivity index (χ4v) is 11.6. The molecule has 19 nitrogen and oxygen atoms in total. The van der Waals surface area contributed by atoms with E-state index in [1.807, 2.05) is 4.90 Å². The summed E-state index contributed by atoms with van der Waals surface area (Å²) in [5, 5.41) is 77.0. The van der Waals surface area contributed by atoms with Crippen LogP contribution in [0.4, 0.5) is 0 Å². The number of fused-ring (bicyclic) bond motifs is 6. The molecule has 1 unspecified atom stereocenters. The minimum absolute atomic E-state index is 0.0749. The Bertz CT molecular complexity index is 2400. The molecule has 3 aromatic rings. The molecule has 1 aromatic heterocycles. The number of aliphatic hydroxyl groups excluding tert-OH is 1. The van der Waals surface area contributed by atoms with Gasteiger partial charge in [-0.25, -0.2) is 0 Å². The van der Waals surface area contributed by atoms with Crippen molar-refractivity contribution in [1.29, 1.82) is 0 Å². The summed E-state index contributed by atoms with van der Waals surface area (Å²) in [7, 11) is 2.79. The Labute approximate surface area is 370 Å². The van der Waals surface area contributed by atoms with Gasteiger partial charge >= 0.3 is 5.97 Å². The number of carbonyl (C=O) groups excluding carboxylic acids is 3. The van der Waals surface area contributed by atoms with E-state index < -0.39 is 126 Å². The zero-order chi connectivity index (χ0) is 45.5. The van der Waals surface area contributed by atoms with Gasteiger partial charge in [0.2, 0.25) is 11.7 Å². The van der Waals surface area contributed by atoms with E-state index >= 15 is 0 Å². The van der Waals surface area contributed by atoms with Gasteiger partial charge in [0.1, 0.15) is 41.0 Å². The fourth-order valence-electron chi connectivity index (χ4n) is 10.5. The Balaban J connectivity index is 0.978. The number of carboxylic acids is 1. The van der Waals surface area contributed by atoms with E-state index in [1.165, 1.54) is 54.8 Å². The van der Waals surface area contributed by atoms with E-state index in [0.29, 0.717) is 37.1 Å². The van der Waals surface area contributed by atoms with Crippen LogP contribution >= 0.6 is 11.8 Å². The predicted molar refractivity (Wildman–Crippen MR) is 219 cm³/mol. The summed E-state index contributed by atoms with van der Waals surface area (Å²) < 4.78 is 38.2. The summed E-state index contributed by atoms with van der Waals surface area (Å²) in [4.78, 5) is 55.0.